The number of nitrogens with zero attached hydrogens (tertiary/aromatic N) is 2. The molecule has 0 spiro atoms. The van der Waals surface area contributed by atoms with Gasteiger partial charge >= 0.3 is 0 Å². The van der Waals surface area contributed by atoms with Crippen molar-refractivity contribution in [2.24, 2.45) is 11.0 Å². The molecule has 1 aliphatic heterocycles. The number of rotatable bonds is 4. The first-order valence-corrected chi connectivity index (χ1v) is 6.80. The molecule has 6 heteroatoms. The lowest BCUT2D eigenvalue weighted by molar-refractivity contribution is -0.133. The molecule has 5 nitrogen and oxygen atoms in total. The molecule has 0 bridgehead atoms. The summed E-state index contributed by atoms with van der Waals surface area (Å²) in [5.41, 5.74) is 5.85. The van der Waals surface area contributed by atoms with E-state index in [0.29, 0.717) is 11.1 Å². The molecule has 1 aliphatic rings. The first-order chi connectivity index (χ1) is 7.69. The summed E-state index contributed by atoms with van der Waals surface area (Å²) in [6.45, 7) is 4.20. The number of hydrazine groups is 1. The monoisotopic (exact) mass is 244 g/mol. The minimum Gasteiger partial charge on any atom is -0.295 e. The second-order valence-corrected chi connectivity index (χ2v) is 4.45. The SMILES string of the molecule is CCC(CC)C1NN=C(SC)N(NC)C1=O. The number of carbonyl (C=O) groups is 1. The number of hydrazone groups is 1. The lowest BCUT2D eigenvalue weighted by Crippen LogP contribution is -2.58. The maximum atomic E-state index is 12.2. The van der Waals surface area contributed by atoms with Gasteiger partial charge in [0.25, 0.3) is 5.91 Å². The molecule has 0 aliphatic carbocycles. The van der Waals surface area contributed by atoms with Crippen LogP contribution in [0.15, 0.2) is 5.10 Å². The van der Waals surface area contributed by atoms with Crippen molar-refractivity contribution < 1.29 is 4.79 Å². The van der Waals surface area contributed by atoms with Crippen molar-refractivity contribution in [3.63, 3.8) is 0 Å². The second kappa shape index (κ2) is 6.10. The Hall–Kier alpha value is -0.750. The van der Waals surface area contributed by atoms with Gasteiger partial charge in [-0.15, -0.1) is 0 Å². The third-order valence-electron chi connectivity index (χ3n) is 2.90. The minimum absolute atomic E-state index is 0.0514. The van der Waals surface area contributed by atoms with Gasteiger partial charge in [0, 0.05) is 7.05 Å². The van der Waals surface area contributed by atoms with Gasteiger partial charge in [-0.1, -0.05) is 38.5 Å². The molecule has 1 heterocycles. The van der Waals surface area contributed by atoms with E-state index in [1.54, 1.807) is 7.05 Å². The van der Waals surface area contributed by atoms with E-state index in [9.17, 15) is 4.79 Å². The van der Waals surface area contributed by atoms with E-state index in [1.165, 1.54) is 16.8 Å². The fourth-order valence-electron chi connectivity index (χ4n) is 1.87. The zero-order chi connectivity index (χ0) is 12.1. The van der Waals surface area contributed by atoms with Crippen LogP contribution in [0.25, 0.3) is 0 Å². The van der Waals surface area contributed by atoms with E-state index in [0.717, 1.165) is 12.8 Å². The molecule has 0 aromatic carbocycles. The topological polar surface area (TPSA) is 56.7 Å². The average molecular weight is 244 g/mol. The molecule has 16 heavy (non-hydrogen) atoms. The fourth-order valence-corrected chi connectivity index (χ4v) is 2.38. The van der Waals surface area contributed by atoms with Crippen LogP contribution in [0, 0.1) is 5.92 Å². The van der Waals surface area contributed by atoms with Crippen LogP contribution in [0.2, 0.25) is 0 Å². The Morgan fingerprint density at radius 3 is 2.62 bits per heavy atom. The Balaban J connectivity index is 2.86. The van der Waals surface area contributed by atoms with Crippen LogP contribution in [-0.4, -0.2) is 35.4 Å². The Kier molecular flexibility index (Phi) is 5.08. The molecule has 1 atom stereocenters. The van der Waals surface area contributed by atoms with Crippen LogP contribution in [0.5, 0.6) is 0 Å². The van der Waals surface area contributed by atoms with E-state index in [4.69, 9.17) is 0 Å². The Labute approximate surface area is 101 Å². The van der Waals surface area contributed by atoms with Gasteiger partial charge in [0.1, 0.15) is 6.04 Å². The highest BCUT2D eigenvalue weighted by Gasteiger charge is 2.34. The summed E-state index contributed by atoms with van der Waals surface area (Å²) >= 11 is 1.44. The summed E-state index contributed by atoms with van der Waals surface area (Å²) in [6.07, 6.45) is 3.85. The van der Waals surface area contributed by atoms with Crippen LogP contribution < -0.4 is 10.9 Å². The molecule has 0 saturated carbocycles. The standard InChI is InChI=1S/C10H20N4OS/c1-5-7(6-2)8-9(15)14(11-3)10(16-4)13-12-8/h7-8,11-12H,5-6H2,1-4H3. The Morgan fingerprint density at radius 1 is 1.56 bits per heavy atom. The molecule has 0 fully saturated rings. The number of carbonyl (C=O) groups excluding carboxylic acids is 1. The lowest BCUT2D eigenvalue weighted by Gasteiger charge is -2.34. The Morgan fingerprint density at radius 2 is 2.19 bits per heavy atom. The third kappa shape index (κ3) is 2.49. The number of hydrogen-bond donors (Lipinski definition) is 2. The van der Waals surface area contributed by atoms with Crippen LogP contribution in [0.4, 0.5) is 0 Å². The summed E-state index contributed by atoms with van der Waals surface area (Å²) in [5, 5.41) is 6.40. The first-order valence-electron chi connectivity index (χ1n) is 5.58. The number of nitrogens with one attached hydrogen (secondary N) is 2. The van der Waals surface area contributed by atoms with Crippen molar-refractivity contribution in [3.05, 3.63) is 0 Å². The lowest BCUT2D eigenvalue weighted by atomic mass is 9.93. The van der Waals surface area contributed by atoms with E-state index >= 15 is 0 Å². The number of thioether (sulfide) groups is 1. The van der Waals surface area contributed by atoms with Crippen molar-refractivity contribution in [3.8, 4) is 0 Å². The van der Waals surface area contributed by atoms with Crippen LogP contribution in [0.1, 0.15) is 26.7 Å². The highest BCUT2D eigenvalue weighted by atomic mass is 32.2. The molecule has 1 unspecified atom stereocenters. The van der Waals surface area contributed by atoms with Gasteiger partial charge in [-0.05, 0) is 12.2 Å². The van der Waals surface area contributed by atoms with Gasteiger partial charge in [-0.3, -0.25) is 10.2 Å². The molecule has 0 radical (unpaired) electrons. The number of hydrogen-bond acceptors (Lipinski definition) is 5. The molecule has 0 aromatic heterocycles. The molecule has 1 rings (SSSR count). The van der Waals surface area contributed by atoms with E-state index in [2.05, 4.69) is 29.8 Å². The fraction of sp³-hybridized carbons (Fsp3) is 0.800. The quantitative estimate of drug-likeness (QED) is 0.774. The molecule has 1 amide bonds. The number of amides is 1. The summed E-state index contributed by atoms with van der Waals surface area (Å²) < 4.78 is 0. The van der Waals surface area contributed by atoms with Crippen molar-refractivity contribution in [2.75, 3.05) is 13.3 Å². The van der Waals surface area contributed by atoms with Crippen LogP contribution in [-0.2, 0) is 4.79 Å². The van der Waals surface area contributed by atoms with Crippen molar-refractivity contribution in [1.29, 1.82) is 0 Å². The van der Waals surface area contributed by atoms with E-state index in [-0.39, 0.29) is 11.9 Å². The van der Waals surface area contributed by atoms with Crippen molar-refractivity contribution in [1.82, 2.24) is 15.9 Å². The first kappa shape index (κ1) is 13.3. The molecule has 2 N–H and O–H groups in total. The predicted molar refractivity (Wildman–Crippen MR) is 67.9 cm³/mol. The highest BCUT2D eigenvalue weighted by molar-refractivity contribution is 8.13. The van der Waals surface area contributed by atoms with Gasteiger partial charge in [0.05, 0.1) is 0 Å². The maximum absolute atomic E-state index is 12.2. The maximum Gasteiger partial charge on any atom is 0.267 e. The average Bonchev–Trinajstić information content (AvgIpc) is 2.32. The minimum atomic E-state index is -0.210. The molecule has 92 valence electrons. The zero-order valence-electron chi connectivity index (χ0n) is 10.3. The Bertz CT molecular complexity index is 278. The summed E-state index contributed by atoms with van der Waals surface area (Å²) in [5.74, 6) is 0.381. The van der Waals surface area contributed by atoms with Gasteiger partial charge in [0.2, 0.25) is 5.17 Å². The molecular weight excluding hydrogens is 224 g/mol. The third-order valence-corrected chi connectivity index (χ3v) is 3.54. The summed E-state index contributed by atoms with van der Waals surface area (Å²) in [7, 11) is 1.74. The normalized spacial score (nSPS) is 21.1. The molecule has 0 aromatic rings. The molecule has 0 saturated heterocycles. The molecular formula is C10H20N4OS. The van der Waals surface area contributed by atoms with Gasteiger partial charge < -0.3 is 0 Å². The summed E-state index contributed by atoms with van der Waals surface area (Å²) in [4.78, 5) is 12.2. The highest BCUT2D eigenvalue weighted by Crippen LogP contribution is 2.19. The number of amidine groups is 1. The smallest absolute Gasteiger partial charge is 0.267 e. The van der Waals surface area contributed by atoms with Crippen LogP contribution in [0.3, 0.4) is 0 Å². The van der Waals surface area contributed by atoms with Gasteiger partial charge in [-0.25, -0.2) is 10.4 Å². The zero-order valence-corrected chi connectivity index (χ0v) is 11.1. The van der Waals surface area contributed by atoms with E-state index in [1.807, 2.05) is 6.26 Å². The largest absolute Gasteiger partial charge is 0.295 e. The van der Waals surface area contributed by atoms with Gasteiger partial charge in [-0.2, -0.15) is 5.10 Å². The van der Waals surface area contributed by atoms with E-state index < -0.39 is 0 Å². The van der Waals surface area contributed by atoms with Gasteiger partial charge in [0.15, 0.2) is 0 Å². The van der Waals surface area contributed by atoms with Crippen LogP contribution >= 0.6 is 11.8 Å². The second-order valence-electron chi connectivity index (χ2n) is 3.68. The summed E-state index contributed by atoms with van der Waals surface area (Å²) in [6, 6.07) is -0.210. The van der Waals surface area contributed by atoms with Crippen molar-refractivity contribution >= 4 is 22.8 Å². The van der Waals surface area contributed by atoms with Crippen molar-refractivity contribution in [2.45, 2.75) is 32.7 Å². The predicted octanol–water partition coefficient (Wildman–Crippen LogP) is 0.991.